The van der Waals surface area contributed by atoms with Crippen LogP contribution >= 0.6 is 0 Å². The summed E-state index contributed by atoms with van der Waals surface area (Å²) in [5, 5.41) is 15.6. The average molecular weight is 259 g/mol. The highest BCUT2D eigenvalue weighted by molar-refractivity contribution is 6.05. The number of carboxylic acids is 1. The fraction of sp³-hybridized carbons (Fsp3) is 0.154. The van der Waals surface area contributed by atoms with E-state index in [-0.39, 0.29) is 11.5 Å². The summed E-state index contributed by atoms with van der Waals surface area (Å²) in [6.45, 7) is 1.79. The second-order valence-corrected chi connectivity index (χ2v) is 4.14. The molecule has 2 rings (SSSR count). The van der Waals surface area contributed by atoms with E-state index in [9.17, 15) is 9.59 Å². The highest BCUT2D eigenvalue weighted by Crippen LogP contribution is 2.13. The standard InChI is InChI=1S/C13H13N3O3/c1-8-11(7-16(2)15-8)14-12(17)9-3-5-10(6-4-9)13(18)19/h3-7H,1-2H3,(H,14,17)(H,18,19). The smallest absolute Gasteiger partial charge is 0.335 e. The van der Waals surface area contributed by atoms with Crippen molar-refractivity contribution in [3.05, 3.63) is 47.3 Å². The van der Waals surface area contributed by atoms with E-state index in [2.05, 4.69) is 10.4 Å². The van der Waals surface area contributed by atoms with Crippen molar-refractivity contribution in [2.24, 2.45) is 7.05 Å². The summed E-state index contributed by atoms with van der Waals surface area (Å²) >= 11 is 0. The number of nitrogens with one attached hydrogen (secondary N) is 1. The van der Waals surface area contributed by atoms with Gasteiger partial charge in [0.05, 0.1) is 16.9 Å². The molecule has 0 aliphatic rings. The van der Waals surface area contributed by atoms with Gasteiger partial charge in [-0.05, 0) is 31.2 Å². The number of aromatic carboxylic acids is 1. The molecule has 0 saturated heterocycles. The van der Waals surface area contributed by atoms with Crippen LogP contribution < -0.4 is 5.32 Å². The topological polar surface area (TPSA) is 84.2 Å². The molecule has 0 fully saturated rings. The molecule has 98 valence electrons. The molecule has 1 aromatic carbocycles. The molecular formula is C13H13N3O3. The van der Waals surface area contributed by atoms with Gasteiger partial charge in [-0.2, -0.15) is 5.10 Å². The molecule has 0 aliphatic heterocycles. The van der Waals surface area contributed by atoms with Crippen LogP contribution in [-0.4, -0.2) is 26.8 Å². The first-order valence-corrected chi connectivity index (χ1v) is 5.62. The highest BCUT2D eigenvalue weighted by Gasteiger charge is 2.10. The summed E-state index contributed by atoms with van der Waals surface area (Å²) in [6, 6.07) is 5.75. The summed E-state index contributed by atoms with van der Waals surface area (Å²) in [7, 11) is 1.77. The predicted molar refractivity (Wildman–Crippen MR) is 69.3 cm³/mol. The molecule has 0 bridgehead atoms. The number of hydrogen-bond donors (Lipinski definition) is 2. The Hall–Kier alpha value is -2.63. The Morgan fingerprint density at radius 3 is 2.26 bits per heavy atom. The lowest BCUT2D eigenvalue weighted by molar-refractivity contribution is 0.0696. The summed E-state index contributed by atoms with van der Waals surface area (Å²) in [6.07, 6.45) is 1.71. The monoisotopic (exact) mass is 259 g/mol. The van der Waals surface area contributed by atoms with Crippen LogP contribution in [0.15, 0.2) is 30.5 Å². The number of carbonyl (C=O) groups is 2. The van der Waals surface area contributed by atoms with Crippen LogP contribution in [0.4, 0.5) is 5.69 Å². The predicted octanol–water partition coefficient (Wildman–Crippen LogP) is 1.68. The molecule has 1 aromatic heterocycles. The van der Waals surface area contributed by atoms with E-state index in [1.807, 2.05) is 0 Å². The van der Waals surface area contributed by atoms with E-state index in [4.69, 9.17) is 5.11 Å². The number of amides is 1. The number of aryl methyl sites for hydroxylation is 2. The Morgan fingerprint density at radius 1 is 1.21 bits per heavy atom. The Bertz CT molecular complexity index is 629. The fourth-order valence-electron chi connectivity index (χ4n) is 1.68. The largest absolute Gasteiger partial charge is 0.478 e. The molecule has 0 spiro atoms. The van der Waals surface area contributed by atoms with Crippen molar-refractivity contribution in [1.82, 2.24) is 9.78 Å². The van der Waals surface area contributed by atoms with Crippen molar-refractivity contribution in [2.45, 2.75) is 6.92 Å². The highest BCUT2D eigenvalue weighted by atomic mass is 16.4. The van der Waals surface area contributed by atoms with E-state index in [0.717, 1.165) is 5.69 Å². The molecule has 1 heterocycles. The second-order valence-electron chi connectivity index (χ2n) is 4.14. The summed E-state index contributed by atoms with van der Waals surface area (Å²) in [5.41, 5.74) is 1.90. The third-order valence-electron chi connectivity index (χ3n) is 2.66. The number of aromatic nitrogens is 2. The average Bonchev–Trinajstić information content (AvgIpc) is 2.68. The van der Waals surface area contributed by atoms with Gasteiger partial charge in [-0.15, -0.1) is 0 Å². The number of rotatable bonds is 3. The molecule has 19 heavy (non-hydrogen) atoms. The summed E-state index contributed by atoms with van der Waals surface area (Å²) < 4.78 is 1.61. The van der Waals surface area contributed by atoms with Crippen molar-refractivity contribution in [1.29, 1.82) is 0 Å². The van der Waals surface area contributed by atoms with Crippen LogP contribution in [0.3, 0.4) is 0 Å². The van der Waals surface area contributed by atoms with Crippen molar-refractivity contribution in [2.75, 3.05) is 5.32 Å². The maximum atomic E-state index is 12.0. The normalized spacial score (nSPS) is 10.2. The molecule has 2 N–H and O–H groups in total. The molecule has 2 aromatic rings. The Kier molecular flexibility index (Phi) is 3.33. The molecule has 0 radical (unpaired) electrons. The van der Waals surface area contributed by atoms with Crippen molar-refractivity contribution >= 4 is 17.6 Å². The second kappa shape index (κ2) is 4.93. The van der Waals surface area contributed by atoms with Crippen LogP contribution in [-0.2, 0) is 7.05 Å². The number of benzene rings is 1. The van der Waals surface area contributed by atoms with Gasteiger partial charge in [0.15, 0.2) is 0 Å². The zero-order chi connectivity index (χ0) is 14.0. The minimum atomic E-state index is -1.02. The number of anilines is 1. The van der Waals surface area contributed by atoms with Crippen LogP contribution in [0.25, 0.3) is 0 Å². The Morgan fingerprint density at radius 2 is 1.79 bits per heavy atom. The van der Waals surface area contributed by atoms with Crippen molar-refractivity contribution < 1.29 is 14.7 Å². The van der Waals surface area contributed by atoms with E-state index >= 15 is 0 Å². The molecule has 6 nitrogen and oxygen atoms in total. The van der Waals surface area contributed by atoms with Gasteiger partial charge in [-0.3, -0.25) is 9.48 Å². The number of carboxylic acid groups (broad SMARTS) is 1. The lowest BCUT2D eigenvalue weighted by Crippen LogP contribution is -2.12. The summed E-state index contributed by atoms with van der Waals surface area (Å²) in [4.78, 5) is 22.7. The molecule has 6 heteroatoms. The Balaban J connectivity index is 2.16. The van der Waals surface area contributed by atoms with Crippen LogP contribution in [0.2, 0.25) is 0 Å². The number of carbonyl (C=O) groups excluding carboxylic acids is 1. The van der Waals surface area contributed by atoms with Gasteiger partial charge in [0.2, 0.25) is 0 Å². The SMILES string of the molecule is Cc1nn(C)cc1NC(=O)c1ccc(C(=O)O)cc1. The first-order valence-electron chi connectivity index (χ1n) is 5.62. The van der Waals surface area contributed by atoms with E-state index in [1.165, 1.54) is 24.3 Å². The van der Waals surface area contributed by atoms with E-state index in [0.29, 0.717) is 11.3 Å². The third-order valence-corrected chi connectivity index (χ3v) is 2.66. The molecule has 0 atom stereocenters. The van der Waals surface area contributed by atoms with Gasteiger partial charge in [0, 0.05) is 18.8 Å². The fourth-order valence-corrected chi connectivity index (χ4v) is 1.68. The quantitative estimate of drug-likeness (QED) is 0.878. The van der Waals surface area contributed by atoms with Gasteiger partial charge >= 0.3 is 5.97 Å². The zero-order valence-electron chi connectivity index (χ0n) is 10.5. The molecular weight excluding hydrogens is 246 g/mol. The minimum absolute atomic E-state index is 0.147. The first kappa shape index (κ1) is 12.8. The van der Waals surface area contributed by atoms with E-state index in [1.54, 1.807) is 24.9 Å². The van der Waals surface area contributed by atoms with Crippen molar-refractivity contribution in [3.63, 3.8) is 0 Å². The molecule has 0 saturated carbocycles. The van der Waals surface area contributed by atoms with Gasteiger partial charge in [-0.25, -0.2) is 4.79 Å². The van der Waals surface area contributed by atoms with Crippen LogP contribution in [0.1, 0.15) is 26.4 Å². The van der Waals surface area contributed by atoms with Gasteiger partial charge in [0.1, 0.15) is 0 Å². The zero-order valence-corrected chi connectivity index (χ0v) is 10.5. The third kappa shape index (κ3) is 2.79. The number of hydrogen-bond acceptors (Lipinski definition) is 3. The molecule has 1 amide bonds. The lowest BCUT2D eigenvalue weighted by Gasteiger charge is -2.03. The first-order chi connectivity index (χ1) is 8.97. The van der Waals surface area contributed by atoms with Gasteiger partial charge in [-0.1, -0.05) is 0 Å². The minimum Gasteiger partial charge on any atom is -0.478 e. The molecule has 0 unspecified atom stereocenters. The Labute approximate surface area is 109 Å². The maximum absolute atomic E-state index is 12.0. The van der Waals surface area contributed by atoms with Gasteiger partial charge in [0.25, 0.3) is 5.91 Å². The maximum Gasteiger partial charge on any atom is 0.335 e. The summed E-state index contributed by atoms with van der Waals surface area (Å²) in [5.74, 6) is -1.32. The van der Waals surface area contributed by atoms with E-state index < -0.39 is 5.97 Å². The molecule has 0 aliphatic carbocycles. The van der Waals surface area contributed by atoms with Gasteiger partial charge < -0.3 is 10.4 Å². The van der Waals surface area contributed by atoms with Crippen LogP contribution in [0, 0.1) is 6.92 Å². The lowest BCUT2D eigenvalue weighted by atomic mass is 10.1. The van der Waals surface area contributed by atoms with Crippen LogP contribution in [0.5, 0.6) is 0 Å². The van der Waals surface area contributed by atoms with Crippen molar-refractivity contribution in [3.8, 4) is 0 Å². The number of nitrogens with zero attached hydrogens (tertiary/aromatic N) is 2.